The van der Waals surface area contributed by atoms with Crippen LogP contribution in [0, 0.1) is 29.1 Å². The number of hydrogen-bond acceptors (Lipinski definition) is 1. The molecule has 2 unspecified atom stereocenters. The number of carbonyl (C=O) groups excluding carboxylic acids is 1. The van der Waals surface area contributed by atoms with Crippen molar-refractivity contribution in [3.63, 3.8) is 0 Å². The zero-order chi connectivity index (χ0) is 23.3. The average Bonchev–Trinajstić information content (AvgIpc) is 3.42. The Bertz CT molecular complexity index is 1290. The molecule has 5 rings (SSSR count). The molecule has 0 aliphatic heterocycles. The summed E-state index contributed by atoms with van der Waals surface area (Å²) in [7, 11) is 0. The molecule has 1 nitrogen and oxygen atoms in total. The quantitative estimate of drug-likeness (QED) is 0.308. The Morgan fingerprint density at radius 3 is 2.30 bits per heavy atom. The van der Waals surface area contributed by atoms with Gasteiger partial charge in [0.15, 0.2) is 17.4 Å². The molecule has 0 N–H and O–H groups in total. The lowest BCUT2D eigenvalue weighted by Gasteiger charge is -2.20. The first kappa shape index (κ1) is 21.6. The van der Waals surface area contributed by atoms with Gasteiger partial charge >= 0.3 is 0 Å². The number of Topliss-reactive ketones (excluding diaryl/α,β-unsaturated/α-hetero) is 1. The van der Waals surface area contributed by atoms with E-state index >= 15 is 0 Å². The van der Waals surface area contributed by atoms with Crippen molar-refractivity contribution >= 4 is 5.78 Å². The number of fused-ring (bicyclic) bond motifs is 1. The van der Waals surface area contributed by atoms with Crippen LogP contribution in [0.4, 0.5) is 22.0 Å². The molecule has 2 atom stereocenters. The first-order valence-corrected chi connectivity index (χ1v) is 10.8. The third-order valence-electron chi connectivity index (χ3n) is 6.67. The van der Waals surface area contributed by atoms with E-state index in [2.05, 4.69) is 0 Å². The molecule has 0 saturated carbocycles. The Labute approximate surface area is 187 Å². The van der Waals surface area contributed by atoms with Gasteiger partial charge in [0, 0.05) is 29.5 Å². The van der Waals surface area contributed by atoms with Crippen molar-refractivity contribution in [2.45, 2.75) is 37.5 Å². The van der Waals surface area contributed by atoms with Crippen molar-refractivity contribution in [2.24, 2.45) is 0 Å². The van der Waals surface area contributed by atoms with Gasteiger partial charge in [0.1, 0.15) is 17.5 Å². The summed E-state index contributed by atoms with van der Waals surface area (Å²) in [5, 5.41) is 0. The Kier molecular flexibility index (Phi) is 5.39. The molecule has 2 aliphatic carbocycles. The van der Waals surface area contributed by atoms with Crippen LogP contribution in [-0.2, 0) is 12.8 Å². The molecule has 0 saturated heterocycles. The molecule has 3 aromatic carbocycles. The first-order chi connectivity index (χ1) is 15.8. The summed E-state index contributed by atoms with van der Waals surface area (Å²) in [5.74, 6) is -7.44. The highest BCUT2D eigenvalue weighted by molar-refractivity contribution is 6.10. The number of rotatable bonds is 4. The van der Waals surface area contributed by atoms with Crippen molar-refractivity contribution in [3.05, 3.63) is 117 Å². The second-order valence-corrected chi connectivity index (χ2v) is 8.60. The largest absolute Gasteiger partial charge is 0.289 e. The summed E-state index contributed by atoms with van der Waals surface area (Å²) in [4.78, 5) is 13.4. The van der Waals surface area contributed by atoms with E-state index < -0.39 is 52.3 Å². The maximum Gasteiger partial charge on any atom is 0.195 e. The monoisotopic (exact) mass is 454 g/mol. The number of ketones is 1. The van der Waals surface area contributed by atoms with Crippen molar-refractivity contribution in [3.8, 4) is 0 Å². The van der Waals surface area contributed by atoms with Crippen LogP contribution in [0.15, 0.2) is 60.2 Å². The molecule has 0 spiro atoms. The minimum atomic E-state index is -1.27. The van der Waals surface area contributed by atoms with Gasteiger partial charge in [-0.05, 0) is 60.1 Å². The van der Waals surface area contributed by atoms with Crippen molar-refractivity contribution in [2.75, 3.05) is 0 Å². The lowest BCUT2D eigenvalue weighted by molar-refractivity contribution is 0.102. The van der Waals surface area contributed by atoms with Crippen LogP contribution in [0.1, 0.15) is 57.3 Å². The summed E-state index contributed by atoms with van der Waals surface area (Å²) in [6, 6.07) is 10.3. The summed E-state index contributed by atoms with van der Waals surface area (Å²) in [6.45, 7) is 0. The van der Waals surface area contributed by atoms with Gasteiger partial charge < -0.3 is 0 Å². The van der Waals surface area contributed by atoms with Gasteiger partial charge in [-0.25, -0.2) is 22.0 Å². The minimum Gasteiger partial charge on any atom is -0.289 e. The second kappa shape index (κ2) is 8.25. The van der Waals surface area contributed by atoms with Crippen LogP contribution in [0.5, 0.6) is 0 Å². The normalized spacial score (nSPS) is 19.5. The third kappa shape index (κ3) is 3.77. The van der Waals surface area contributed by atoms with Crippen LogP contribution >= 0.6 is 0 Å². The fourth-order valence-electron chi connectivity index (χ4n) is 5.16. The molecule has 2 aliphatic rings. The fourth-order valence-corrected chi connectivity index (χ4v) is 5.16. The standard InChI is InChI=1S/C27H19F5O/c28-17-12-24(31)26(25(32)13-17)27(33)21-10-16(15-7-8-22(29)23(30)11-15)9-20(21)19-6-2-4-14-3-1-5-18(14)19/h2,4,6-8,10-13,16,20H,1,3,5,9H2. The van der Waals surface area contributed by atoms with Crippen molar-refractivity contribution in [1.82, 2.24) is 0 Å². The molecule has 0 radical (unpaired) electrons. The Morgan fingerprint density at radius 2 is 1.58 bits per heavy atom. The highest BCUT2D eigenvalue weighted by atomic mass is 19.2. The Hall–Kier alpha value is -3.28. The molecular formula is C27H19F5O. The topological polar surface area (TPSA) is 17.1 Å². The van der Waals surface area contributed by atoms with Crippen LogP contribution in [0.3, 0.4) is 0 Å². The second-order valence-electron chi connectivity index (χ2n) is 8.60. The predicted octanol–water partition coefficient (Wildman–Crippen LogP) is 6.95. The zero-order valence-electron chi connectivity index (χ0n) is 17.5. The van der Waals surface area contributed by atoms with Gasteiger partial charge in [-0.2, -0.15) is 0 Å². The number of carbonyl (C=O) groups is 1. The zero-order valence-corrected chi connectivity index (χ0v) is 17.5. The number of aryl methyl sites for hydroxylation is 1. The van der Waals surface area contributed by atoms with E-state index in [1.165, 1.54) is 11.6 Å². The summed E-state index contributed by atoms with van der Waals surface area (Å²) in [5.41, 5.74) is 3.02. The number of benzene rings is 3. The molecule has 3 aromatic rings. The highest BCUT2D eigenvalue weighted by Crippen LogP contribution is 2.47. The van der Waals surface area contributed by atoms with Gasteiger partial charge in [0.05, 0.1) is 5.56 Å². The molecule has 168 valence electrons. The van der Waals surface area contributed by atoms with Crippen LogP contribution in [0.2, 0.25) is 0 Å². The smallest absolute Gasteiger partial charge is 0.195 e. The van der Waals surface area contributed by atoms with E-state index in [4.69, 9.17) is 0 Å². The highest BCUT2D eigenvalue weighted by Gasteiger charge is 2.37. The summed E-state index contributed by atoms with van der Waals surface area (Å²) in [6.07, 6.45) is 4.67. The van der Waals surface area contributed by atoms with E-state index in [0.717, 1.165) is 42.5 Å². The molecule has 0 fully saturated rings. The fraction of sp³-hybridized carbons (Fsp3) is 0.222. The van der Waals surface area contributed by atoms with Gasteiger partial charge in [0.25, 0.3) is 0 Å². The summed E-state index contributed by atoms with van der Waals surface area (Å²) >= 11 is 0. The third-order valence-corrected chi connectivity index (χ3v) is 6.67. The summed E-state index contributed by atoms with van der Waals surface area (Å²) < 4.78 is 69.7. The first-order valence-electron chi connectivity index (χ1n) is 10.8. The molecule has 0 amide bonds. The Balaban J connectivity index is 1.63. The number of allylic oxidation sites excluding steroid dienone is 2. The van der Waals surface area contributed by atoms with Crippen molar-refractivity contribution in [1.29, 1.82) is 0 Å². The molecule has 0 bridgehead atoms. The Morgan fingerprint density at radius 1 is 0.818 bits per heavy atom. The van der Waals surface area contributed by atoms with Crippen molar-refractivity contribution < 1.29 is 26.7 Å². The van der Waals surface area contributed by atoms with E-state index in [0.29, 0.717) is 24.1 Å². The van der Waals surface area contributed by atoms with Crippen LogP contribution < -0.4 is 0 Å². The van der Waals surface area contributed by atoms with E-state index in [1.807, 2.05) is 18.2 Å². The molecular weight excluding hydrogens is 435 g/mol. The van der Waals surface area contributed by atoms with E-state index in [1.54, 1.807) is 6.08 Å². The van der Waals surface area contributed by atoms with Gasteiger partial charge in [-0.3, -0.25) is 4.79 Å². The number of halogens is 5. The van der Waals surface area contributed by atoms with Gasteiger partial charge in [0.2, 0.25) is 0 Å². The maximum absolute atomic E-state index is 14.5. The molecule has 6 heteroatoms. The predicted molar refractivity (Wildman–Crippen MR) is 114 cm³/mol. The lowest BCUT2D eigenvalue weighted by atomic mass is 9.83. The van der Waals surface area contributed by atoms with E-state index in [-0.39, 0.29) is 5.57 Å². The molecule has 0 heterocycles. The van der Waals surface area contributed by atoms with Crippen LogP contribution in [-0.4, -0.2) is 5.78 Å². The lowest BCUT2D eigenvalue weighted by Crippen LogP contribution is -2.14. The average molecular weight is 454 g/mol. The van der Waals surface area contributed by atoms with E-state index in [9.17, 15) is 26.7 Å². The SMILES string of the molecule is O=C(C1=CC(c2ccc(F)c(F)c2)CC1c1cccc2c1CCC2)c1c(F)cc(F)cc1F. The molecule has 33 heavy (non-hydrogen) atoms. The number of hydrogen-bond donors (Lipinski definition) is 0. The van der Waals surface area contributed by atoms with Gasteiger partial charge in [-0.15, -0.1) is 0 Å². The van der Waals surface area contributed by atoms with Crippen LogP contribution in [0.25, 0.3) is 0 Å². The minimum absolute atomic E-state index is 0.175. The maximum atomic E-state index is 14.5. The molecule has 0 aromatic heterocycles. The van der Waals surface area contributed by atoms with Gasteiger partial charge in [-0.1, -0.05) is 30.3 Å².